The Morgan fingerprint density at radius 2 is 1.91 bits per heavy atom. The van der Waals surface area contributed by atoms with Crippen LogP contribution in [0, 0.1) is 0 Å². The Kier molecular flexibility index (Phi) is 5.37. The van der Waals surface area contributed by atoms with Crippen LogP contribution < -0.4 is 26.0 Å². The fourth-order valence-corrected chi connectivity index (χ4v) is 1.81. The Bertz CT molecular complexity index is 665. The van der Waals surface area contributed by atoms with Gasteiger partial charge in [0, 0.05) is 10.7 Å². The highest BCUT2D eigenvalue weighted by atomic mass is 16.5. The third-order valence-corrected chi connectivity index (χ3v) is 2.85. The van der Waals surface area contributed by atoms with Gasteiger partial charge in [0.2, 0.25) is 6.21 Å². The second-order valence-corrected chi connectivity index (χ2v) is 4.49. The summed E-state index contributed by atoms with van der Waals surface area (Å²) < 4.78 is 11.1. The van der Waals surface area contributed by atoms with Gasteiger partial charge < -0.3 is 20.9 Å². The summed E-state index contributed by atoms with van der Waals surface area (Å²) in [6, 6.07) is 15.4. The average molecular weight is 299 g/mol. The van der Waals surface area contributed by atoms with Gasteiger partial charge in [0.1, 0.15) is 6.61 Å². The maximum absolute atomic E-state index is 5.82. The first-order valence-electron chi connectivity index (χ1n) is 6.71. The van der Waals surface area contributed by atoms with Crippen LogP contribution in [0.1, 0.15) is 11.1 Å². The van der Waals surface area contributed by atoms with Gasteiger partial charge in [-0.25, -0.2) is 0 Å². The largest absolute Gasteiger partial charge is 0.493 e. The van der Waals surface area contributed by atoms with Gasteiger partial charge in [-0.3, -0.25) is 0 Å². The van der Waals surface area contributed by atoms with Crippen LogP contribution in [0.25, 0.3) is 0 Å². The number of ether oxygens (including phenoxy) is 2. The molecule has 0 unspecified atom stereocenters. The fraction of sp³-hybridized carbons (Fsp3) is 0.125. The van der Waals surface area contributed by atoms with Gasteiger partial charge in [-0.15, -0.1) is 5.10 Å². The van der Waals surface area contributed by atoms with Crippen LogP contribution in [-0.2, 0) is 6.61 Å². The molecule has 0 fully saturated rings. The van der Waals surface area contributed by atoms with E-state index in [4.69, 9.17) is 20.9 Å². The van der Waals surface area contributed by atoms with Gasteiger partial charge in [-0.2, -0.15) is 0 Å². The molecular weight excluding hydrogens is 280 g/mol. The van der Waals surface area contributed by atoms with Crippen molar-refractivity contribution in [3.63, 3.8) is 0 Å². The van der Waals surface area contributed by atoms with Crippen molar-refractivity contribution >= 4 is 12.2 Å². The summed E-state index contributed by atoms with van der Waals surface area (Å²) in [6.07, 6.45) is 1.66. The minimum Gasteiger partial charge on any atom is -0.493 e. The number of methoxy groups -OCH3 is 1. The Balaban J connectivity index is 2.14. The summed E-state index contributed by atoms with van der Waals surface area (Å²) in [5.74, 6) is 1.27. The minimum absolute atomic E-state index is 0.0367. The molecule has 114 valence electrons. The van der Waals surface area contributed by atoms with Crippen LogP contribution in [0.2, 0.25) is 0 Å². The van der Waals surface area contributed by atoms with Gasteiger partial charge in [-0.1, -0.05) is 30.3 Å². The summed E-state index contributed by atoms with van der Waals surface area (Å²) >= 11 is 0. The molecule has 0 radical (unpaired) electrons. The third-order valence-electron chi connectivity index (χ3n) is 2.85. The molecule has 2 rings (SSSR count). The van der Waals surface area contributed by atoms with Crippen LogP contribution in [0.5, 0.6) is 11.5 Å². The maximum atomic E-state index is 5.82. The van der Waals surface area contributed by atoms with Crippen LogP contribution in [0.15, 0.2) is 53.6 Å². The number of nitrogens with two attached hydrogens (primary N) is 2. The molecule has 5 N–H and O–H groups in total. The van der Waals surface area contributed by atoms with E-state index in [9.17, 15) is 0 Å². The predicted molar refractivity (Wildman–Crippen MR) is 85.7 cm³/mol. The number of hydrogen-bond acceptors (Lipinski definition) is 3. The first-order chi connectivity index (χ1) is 10.7. The minimum atomic E-state index is -0.0367. The highest BCUT2D eigenvalue weighted by Gasteiger charge is 2.06. The van der Waals surface area contributed by atoms with Crippen molar-refractivity contribution in [3.05, 3.63) is 59.7 Å². The summed E-state index contributed by atoms with van der Waals surface area (Å²) in [6.45, 7) is 0.460. The van der Waals surface area contributed by atoms with Crippen molar-refractivity contribution in [1.29, 1.82) is 0 Å². The van der Waals surface area contributed by atoms with E-state index in [1.165, 1.54) is 0 Å². The topological polar surface area (TPSA) is 96.8 Å². The third kappa shape index (κ3) is 4.52. The zero-order valence-corrected chi connectivity index (χ0v) is 12.3. The quantitative estimate of drug-likeness (QED) is 0.396. The molecule has 2 aromatic rings. The molecule has 0 aliphatic heterocycles. The molecule has 0 spiro atoms. The van der Waals surface area contributed by atoms with E-state index in [0.29, 0.717) is 18.1 Å². The van der Waals surface area contributed by atoms with Crippen molar-refractivity contribution < 1.29 is 14.6 Å². The summed E-state index contributed by atoms with van der Waals surface area (Å²) in [7, 11) is 1.60. The molecular formula is C16H19N4O2+. The molecule has 0 saturated carbocycles. The zero-order chi connectivity index (χ0) is 15.8. The van der Waals surface area contributed by atoms with Crippen molar-refractivity contribution in [3.8, 4) is 11.5 Å². The van der Waals surface area contributed by atoms with E-state index < -0.39 is 0 Å². The number of hydrazone groups is 1. The van der Waals surface area contributed by atoms with Gasteiger partial charge in [0.05, 0.1) is 7.11 Å². The second-order valence-electron chi connectivity index (χ2n) is 4.49. The van der Waals surface area contributed by atoms with Crippen LogP contribution in [-0.4, -0.2) is 19.3 Å². The van der Waals surface area contributed by atoms with Crippen LogP contribution in [0.3, 0.4) is 0 Å². The molecule has 0 atom stereocenters. The Morgan fingerprint density at radius 1 is 1.14 bits per heavy atom. The molecule has 0 bridgehead atoms. The highest BCUT2D eigenvalue weighted by molar-refractivity contribution is 5.78. The van der Waals surface area contributed by atoms with E-state index in [2.05, 4.69) is 10.2 Å². The number of rotatable bonds is 6. The average Bonchev–Trinajstić information content (AvgIpc) is 2.54. The number of hydrogen-bond donors (Lipinski definition) is 3. The van der Waals surface area contributed by atoms with Crippen molar-refractivity contribution in [2.24, 2.45) is 16.6 Å². The van der Waals surface area contributed by atoms with Gasteiger partial charge in [0.25, 0.3) is 5.96 Å². The fourth-order valence-electron chi connectivity index (χ4n) is 1.81. The van der Waals surface area contributed by atoms with E-state index in [1.807, 2.05) is 48.5 Å². The molecule has 0 aromatic heterocycles. The monoisotopic (exact) mass is 299 g/mol. The zero-order valence-electron chi connectivity index (χ0n) is 12.3. The smallest absolute Gasteiger partial charge is 0.256 e. The summed E-state index contributed by atoms with van der Waals surface area (Å²) in [5.41, 5.74) is 12.4. The summed E-state index contributed by atoms with van der Waals surface area (Å²) in [4.78, 5) is 0. The number of benzene rings is 2. The van der Waals surface area contributed by atoms with Gasteiger partial charge >= 0.3 is 0 Å². The van der Waals surface area contributed by atoms with Gasteiger partial charge in [-0.05, 0) is 23.8 Å². The first kappa shape index (κ1) is 15.4. The van der Waals surface area contributed by atoms with E-state index in [0.717, 1.165) is 11.1 Å². The van der Waals surface area contributed by atoms with E-state index in [1.54, 1.807) is 13.3 Å². The first-order valence-corrected chi connectivity index (χ1v) is 6.71. The molecule has 0 aliphatic rings. The number of nitrogens with one attached hydrogen (secondary N) is 1. The lowest BCUT2D eigenvalue weighted by molar-refractivity contribution is -0.456. The molecule has 2 aromatic carbocycles. The molecule has 6 nitrogen and oxygen atoms in total. The van der Waals surface area contributed by atoms with E-state index in [-0.39, 0.29) is 5.96 Å². The Hall–Kier alpha value is -3.02. The molecule has 0 amide bonds. The Morgan fingerprint density at radius 3 is 2.59 bits per heavy atom. The maximum Gasteiger partial charge on any atom is 0.256 e. The molecule has 22 heavy (non-hydrogen) atoms. The van der Waals surface area contributed by atoms with Crippen LogP contribution in [0.4, 0.5) is 0 Å². The van der Waals surface area contributed by atoms with Gasteiger partial charge in [0.15, 0.2) is 11.5 Å². The van der Waals surface area contributed by atoms with Crippen LogP contribution >= 0.6 is 0 Å². The molecule has 0 heterocycles. The van der Waals surface area contributed by atoms with Crippen molar-refractivity contribution in [2.75, 3.05) is 7.11 Å². The highest BCUT2D eigenvalue weighted by Crippen LogP contribution is 2.28. The molecule has 0 saturated heterocycles. The molecule has 6 heteroatoms. The second kappa shape index (κ2) is 7.68. The molecule has 0 aliphatic carbocycles. The lowest BCUT2D eigenvalue weighted by atomic mass is 10.2. The Labute approximate surface area is 129 Å². The van der Waals surface area contributed by atoms with Crippen molar-refractivity contribution in [1.82, 2.24) is 0 Å². The number of nitrogens with zero attached hydrogens (tertiary/aromatic N) is 1. The van der Waals surface area contributed by atoms with E-state index >= 15 is 0 Å². The lowest BCUT2D eigenvalue weighted by Gasteiger charge is -2.10. The lowest BCUT2D eigenvalue weighted by Crippen LogP contribution is -2.63. The van der Waals surface area contributed by atoms with Crippen molar-refractivity contribution in [2.45, 2.75) is 6.61 Å². The predicted octanol–water partition coefficient (Wildman–Crippen LogP) is -0.0379. The number of guanidine groups is 1. The normalized spacial score (nSPS) is 10.4. The standard InChI is InChI=1S/C16H18N4O2/c1-21-14-8-7-13(10-19-20-16(17)18)9-15(14)22-11-12-5-3-2-4-6-12/h2-10H,11H2,1H3,(H4,17,18,20)/p+1/b19-10+. The SMILES string of the molecule is COc1ccc(/C=[NH+]/N=C(N)N)cc1OCc1ccccc1. The summed E-state index contributed by atoms with van der Waals surface area (Å²) in [5, 5.41) is 6.34.